The third-order valence-corrected chi connectivity index (χ3v) is 3.75. The van der Waals surface area contributed by atoms with Crippen molar-refractivity contribution >= 4 is 23.6 Å². The van der Waals surface area contributed by atoms with Crippen molar-refractivity contribution in [2.75, 3.05) is 18.6 Å². The quantitative estimate of drug-likeness (QED) is 0.417. The predicted octanol–water partition coefficient (Wildman–Crippen LogP) is 5.78. The van der Waals surface area contributed by atoms with Crippen LogP contribution in [0.25, 0.3) is 0 Å². The van der Waals surface area contributed by atoms with Gasteiger partial charge < -0.3 is 9.47 Å². The molecule has 2 rings (SSSR count). The Bertz CT molecular complexity index is 813. The van der Waals surface area contributed by atoms with E-state index in [0.29, 0.717) is 36.5 Å². The standard InChI is InChI=1S/C19H21ClF3N3O2/c1-3-7-27-15-6-5-13(17(10-15)28-8-4-2)11-25-26-18-16(20)9-14(12-24-18)19(21,22)23/h5-6,9-12H,3-4,7-8H2,1-2H3,(H,24,26). The number of nitrogens with zero attached hydrogens (tertiary/aromatic N) is 2. The molecule has 0 saturated carbocycles. The van der Waals surface area contributed by atoms with Crippen molar-refractivity contribution in [3.63, 3.8) is 0 Å². The van der Waals surface area contributed by atoms with E-state index in [1.54, 1.807) is 18.2 Å². The van der Waals surface area contributed by atoms with Crippen molar-refractivity contribution in [3.8, 4) is 11.5 Å². The Morgan fingerprint density at radius 3 is 2.50 bits per heavy atom. The first-order chi connectivity index (χ1) is 13.3. The molecule has 0 aliphatic rings. The molecule has 0 bridgehead atoms. The van der Waals surface area contributed by atoms with Crippen molar-refractivity contribution in [1.29, 1.82) is 0 Å². The number of hydrogen-bond acceptors (Lipinski definition) is 5. The van der Waals surface area contributed by atoms with Gasteiger partial charge in [-0.1, -0.05) is 25.4 Å². The van der Waals surface area contributed by atoms with Crippen LogP contribution >= 0.6 is 11.6 Å². The zero-order valence-electron chi connectivity index (χ0n) is 15.5. The SMILES string of the molecule is CCCOc1ccc(C=NNc2ncc(C(F)(F)F)cc2Cl)c(OCCC)c1. The topological polar surface area (TPSA) is 55.7 Å². The van der Waals surface area contributed by atoms with Gasteiger partial charge in [0.25, 0.3) is 0 Å². The zero-order valence-corrected chi connectivity index (χ0v) is 16.3. The maximum Gasteiger partial charge on any atom is 0.417 e. The summed E-state index contributed by atoms with van der Waals surface area (Å²) in [5.74, 6) is 1.29. The first-order valence-electron chi connectivity index (χ1n) is 8.76. The number of rotatable bonds is 9. The lowest BCUT2D eigenvalue weighted by molar-refractivity contribution is -0.137. The lowest BCUT2D eigenvalue weighted by Gasteiger charge is -2.11. The van der Waals surface area contributed by atoms with E-state index in [1.165, 1.54) is 6.21 Å². The molecule has 5 nitrogen and oxygen atoms in total. The second-order valence-electron chi connectivity index (χ2n) is 5.82. The summed E-state index contributed by atoms with van der Waals surface area (Å²) < 4.78 is 49.3. The van der Waals surface area contributed by atoms with Crippen molar-refractivity contribution in [2.24, 2.45) is 5.10 Å². The van der Waals surface area contributed by atoms with Crippen LogP contribution in [-0.2, 0) is 6.18 Å². The van der Waals surface area contributed by atoms with Crippen molar-refractivity contribution in [1.82, 2.24) is 4.98 Å². The molecular formula is C19H21ClF3N3O2. The fraction of sp³-hybridized carbons (Fsp3) is 0.368. The maximum atomic E-state index is 12.7. The minimum Gasteiger partial charge on any atom is -0.493 e. The van der Waals surface area contributed by atoms with E-state index in [9.17, 15) is 13.2 Å². The molecule has 1 heterocycles. The van der Waals surface area contributed by atoms with E-state index in [-0.39, 0.29) is 10.8 Å². The highest BCUT2D eigenvalue weighted by Gasteiger charge is 2.31. The average Bonchev–Trinajstić information content (AvgIpc) is 2.66. The third kappa shape index (κ3) is 6.30. The molecule has 0 atom stereocenters. The molecule has 1 N–H and O–H groups in total. The van der Waals surface area contributed by atoms with E-state index in [4.69, 9.17) is 21.1 Å². The Morgan fingerprint density at radius 2 is 1.86 bits per heavy atom. The summed E-state index contributed by atoms with van der Waals surface area (Å²) in [5.41, 5.74) is 2.29. The summed E-state index contributed by atoms with van der Waals surface area (Å²) in [6.07, 6.45) is -0.617. The minimum absolute atomic E-state index is 0.0184. The first-order valence-corrected chi connectivity index (χ1v) is 9.14. The van der Waals surface area contributed by atoms with Gasteiger partial charge in [0.05, 0.1) is 30.0 Å². The van der Waals surface area contributed by atoms with Gasteiger partial charge in [-0.25, -0.2) is 4.98 Å². The van der Waals surface area contributed by atoms with Gasteiger partial charge in [0.1, 0.15) is 11.5 Å². The Hall–Kier alpha value is -2.48. The highest BCUT2D eigenvalue weighted by Crippen LogP contribution is 2.32. The Balaban J connectivity index is 2.14. The molecule has 0 spiro atoms. The number of halogens is 4. The van der Waals surface area contributed by atoms with Gasteiger partial charge in [0, 0.05) is 17.8 Å². The molecular weight excluding hydrogens is 395 g/mol. The molecule has 152 valence electrons. The number of pyridine rings is 1. The molecule has 0 aliphatic carbocycles. The number of alkyl halides is 3. The third-order valence-electron chi connectivity index (χ3n) is 3.46. The van der Waals surface area contributed by atoms with Gasteiger partial charge in [-0.15, -0.1) is 0 Å². The second kappa shape index (κ2) is 10.2. The number of hydrazone groups is 1. The van der Waals surface area contributed by atoms with Gasteiger partial charge >= 0.3 is 6.18 Å². The molecule has 0 unspecified atom stereocenters. The van der Waals surface area contributed by atoms with E-state index in [2.05, 4.69) is 15.5 Å². The van der Waals surface area contributed by atoms with E-state index >= 15 is 0 Å². The van der Waals surface area contributed by atoms with E-state index in [0.717, 1.165) is 18.9 Å². The van der Waals surface area contributed by atoms with Crippen molar-refractivity contribution in [2.45, 2.75) is 32.9 Å². The number of anilines is 1. The molecule has 0 saturated heterocycles. The number of benzene rings is 1. The molecule has 0 amide bonds. The molecule has 1 aromatic heterocycles. The number of nitrogens with one attached hydrogen (secondary N) is 1. The van der Waals surface area contributed by atoms with Gasteiger partial charge in [0.2, 0.25) is 0 Å². The maximum absolute atomic E-state index is 12.7. The van der Waals surface area contributed by atoms with Crippen LogP contribution in [-0.4, -0.2) is 24.4 Å². The highest BCUT2D eigenvalue weighted by molar-refractivity contribution is 6.32. The Morgan fingerprint density at radius 1 is 1.14 bits per heavy atom. The lowest BCUT2D eigenvalue weighted by Crippen LogP contribution is -2.06. The van der Waals surface area contributed by atoms with E-state index < -0.39 is 11.7 Å². The summed E-state index contributed by atoms with van der Waals surface area (Å²) in [4.78, 5) is 3.67. The smallest absolute Gasteiger partial charge is 0.417 e. The molecule has 1 aromatic carbocycles. The van der Waals surface area contributed by atoms with Crippen molar-refractivity contribution < 1.29 is 22.6 Å². The van der Waals surface area contributed by atoms with Crippen LogP contribution in [0.4, 0.5) is 19.0 Å². The fourth-order valence-electron chi connectivity index (χ4n) is 2.11. The summed E-state index contributed by atoms with van der Waals surface area (Å²) in [6, 6.07) is 6.14. The first kappa shape index (κ1) is 21.8. The van der Waals surface area contributed by atoms with Gasteiger partial charge in [-0.2, -0.15) is 18.3 Å². The largest absolute Gasteiger partial charge is 0.493 e. The normalized spacial score (nSPS) is 11.6. The van der Waals surface area contributed by atoms with Gasteiger partial charge in [-0.3, -0.25) is 5.43 Å². The Kier molecular flexibility index (Phi) is 7.92. The van der Waals surface area contributed by atoms with E-state index in [1.807, 2.05) is 13.8 Å². The minimum atomic E-state index is -4.51. The average molecular weight is 416 g/mol. The molecule has 0 fully saturated rings. The summed E-state index contributed by atoms with van der Waals surface area (Å²) >= 11 is 5.85. The van der Waals surface area contributed by atoms with Crippen LogP contribution in [0.2, 0.25) is 5.02 Å². The molecule has 0 radical (unpaired) electrons. The molecule has 28 heavy (non-hydrogen) atoms. The number of hydrogen-bond donors (Lipinski definition) is 1. The van der Waals surface area contributed by atoms with Crippen LogP contribution in [0.1, 0.15) is 37.8 Å². The number of ether oxygens (including phenoxy) is 2. The Labute approximate surface area is 166 Å². The second-order valence-corrected chi connectivity index (χ2v) is 6.23. The van der Waals surface area contributed by atoms with Gasteiger partial charge in [-0.05, 0) is 31.0 Å². The van der Waals surface area contributed by atoms with Crippen LogP contribution < -0.4 is 14.9 Å². The summed E-state index contributed by atoms with van der Waals surface area (Å²) in [7, 11) is 0. The van der Waals surface area contributed by atoms with Crippen LogP contribution in [0.3, 0.4) is 0 Å². The monoisotopic (exact) mass is 415 g/mol. The summed E-state index contributed by atoms with van der Waals surface area (Å²) in [6.45, 7) is 5.13. The predicted molar refractivity (Wildman–Crippen MR) is 103 cm³/mol. The van der Waals surface area contributed by atoms with Crippen LogP contribution in [0.15, 0.2) is 35.6 Å². The fourth-order valence-corrected chi connectivity index (χ4v) is 2.31. The lowest BCUT2D eigenvalue weighted by atomic mass is 10.2. The van der Waals surface area contributed by atoms with Gasteiger partial charge in [0.15, 0.2) is 5.82 Å². The zero-order chi connectivity index (χ0) is 20.6. The summed E-state index contributed by atoms with van der Waals surface area (Å²) in [5, 5.41) is 3.82. The van der Waals surface area contributed by atoms with Crippen LogP contribution in [0, 0.1) is 0 Å². The molecule has 9 heteroatoms. The molecule has 0 aliphatic heterocycles. The molecule has 2 aromatic rings. The van der Waals surface area contributed by atoms with Crippen LogP contribution in [0.5, 0.6) is 11.5 Å². The highest BCUT2D eigenvalue weighted by atomic mass is 35.5. The van der Waals surface area contributed by atoms with Crippen molar-refractivity contribution in [3.05, 3.63) is 46.6 Å². The number of aromatic nitrogens is 1.